The smallest absolute Gasteiger partial charge is 0.242 e. The van der Waals surface area contributed by atoms with E-state index in [4.69, 9.17) is 5.73 Å². The minimum absolute atomic E-state index is 0.0668. The number of nitrogens with zero attached hydrogens (tertiary/aromatic N) is 1. The van der Waals surface area contributed by atoms with E-state index in [-0.39, 0.29) is 18.9 Å². The number of carbonyl (C=O) groups is 2. The highest BCUT2D eigenvalue weighted by molar-refractivity contribution is 5.90. The summed E-state index contributed by atoms with van der Waals surface area (Å²) in [6.45, 7) is 1.47. The van der Waals surface area contributed by atoms with E-state index in [2.05, 4.69) is 5.32 Å². The molecule has 1 rings (SSSR count). The lowest BCUT2D eigenvalue weighted by Crippen LogP contribution is -2.53. The molecule has 17 heavy (non-hydrogen) atoms. The summed E-state index contributed by atoms with van der Waals surface area (Å²) in [6.07, 6.45) is -1.54. The van der Waals surface area contributed by atoms with Crippen molar-refractivity contribution in [2.75, 3.05) is 13.6 Å². The van der Waals surface area contributed by atoms with E-state index in [0.717, 1.165) is 0 Å². The second-order valence-electron chi connectivity index (χ2n) is 4.28. The van der Waals surface area contributed by atoms with Gasteiger partial charge in [0.2, 0.25) is 11.8 Å². The van der Waals surface area contributed by atoms with Crippen LogP contribution in [0.4, 0.5) is 0 Å². The first-order valence-electron chi connectivity index (χ1n) is 5.52. The van der Waals surface area contributed by atoms with Gasteiger partial charge in [0.15, 0.2) is 0 Å². The highest BCUT2D eigenvalue weighted by Crippen LogP contribution is 2.19. The molecule has 1 fully saturated rings. The highest BCUT2D eigenvalue weighted by Gasteiger charge is 2.40. The minimum atomic E-state index is -1.08. The van der Waals surface area contributed by atoms with Crippen molar-refractivity contribution in [1.29, 1.82) is 0 Å². The fourth-order valence-corrected chi connectivity index (χ4v) is 1.87. The first-order chi connectivity index (χ1) is 7.88. The molecule has 7 heteroatoms. The van der Waals surface area contributed by atoms with E-state index in [1.807, 2.05) is 0 Å². The minimum Gasteiger partial charge on any atom is -0.391 e. The zero-order chi connectivity index (χ0) is 13.2. The molecule has 0 aromatic carbocycles. The quantitative estimate of drug-likeness (QED) is 0.435. The number of hydrogen-bond acceptors (Lipinski definition) is 5. The van der Waals surface area contributed by atoms with Crippen LogP contribution in [0.25, 0.3) is 0 Å². The van der Waals surface area contributed by atoms with Crippen molar-refractivity contribution >= 4 is 11.8 Å². The van der Waals surface area contributed by atoms with Crippen LogP contribution >= 0.6 is 0 Å². The molecule has 2 amide bonds. The van der Waals surface area contributed by atoms with Gasteiger partial charge in [0.1, 0.15) is 12.1 Å². The molecule has 0 aliphatic carbocycles. The number of aliphatic hydroxyl groups excluding tert-OH is 2. The van der Waals surface area contributed by atoms with E-state index in [1.54, 1.807) is 0 Å². The van der Waals surface area contributed by atoms with Gasteiger partial charge in [-0.2, -0.15) is 0 Å². The molecule has 4 atom stereocenters. The number of β-amino-alcohol motifs (C(OH)–C–C–N with tert-alkyl or cyclic N) is 1. The Bertz CT molecular complexity index is 308. The van der Waals surface area contributed by atoms with Gasteiger partial charge < -0.3 is 26.2 Å². The molecule has 7 nitrogen and oxygen atoms in total. The number of likely N-dealkylation sites (tertiary alicyclic amines) is 1. The molecule has 0 bridgehead atoms. The van der Waals surface area contributed by atoms with Crippen LogP contribution in [-0.4, -0.2) is 64.8 Å². The fourth-order valence-electron chi connectivity index (χ4n) is 1.87. The number of hydrogen-bond donors (Lipinski definition) is 4. The van der Waals surface area contributed by atoms with Crippen molar-refractivity contribution in [3.8, 4) is 0 Å². The van der Waals surface area contributed by atoms with Gasteiger partial charge in [-0.1, -0.05) is 0 Å². The van der Waals surface area contributed by atoms with Crippen molar-refractivity contribution in [2.45, 2.75) is 37.6 Å². The van der Waals surface area contributed by atoms with Crippen molar-refractivity contribution in [3.63, 3.8) is 0 Å². The van der Waals surface area contributed by atoms with Crippen molar-refractivity contribution in [3.05, 3.63) is 0 Å². The van der Waals surface area contributed by atoms with Gasteiger partial charge in [-0.15, -0.1) is 0 Å². The Kier molecular flexibility index (Phi) is 4.44. The lowest BCUT2D eigenvalue weighted by Gasteiger charge is -2.26. The van der Waals surface area contributed by atoms with E-state index in [9.17, 15) is 19.8 Å². The maximum atomic E-state index is 11.9. The number of likely N-dealkylation sites (N-methyl/N-ethyl adjacent to an activating group) is 1. The number of nitrogens with two attached hydrogens (primary N) is 1. The van der Waals surface area contributed by atoms with Gasteiger partial charge in [-0.25, -0.2) is 0 Å². The molecule has 5 N–H and O–H groups in total. The Morgan fingerprint density at radius 1 is 1.53 bits per heavy atom. The van der Waals surface area contributed by atoms with Crippen LogP contribution in [0.15, 0.2) is 0 Å². The number of amides is 2. The largest absolute Gasteiger partial charge is 0.391 e. The third kappa shape index (κ3) is 2.93. The molecule has 0 radical (unpaired) electrons. The molecule has 0 spiro atoms. The zero-order valence-electron chi connectivity index (χ0n) is 9.96. The van der Waals surface area contributed by atoms with Gasteiger partial charge in [-0.3, -0.25) is 9.59 Å². The third-order valence-electron chi connectivity index (χ3n) is 2.92. The SMILES string of the molecule is CNC(=O)[C@@H]1C[C@@H](O)CN1C(=O)[C@@H](N)[C@@H](C)O. The first-order valence-corrected chi connectivity index (χ1v) is 5.52. The van der Waals surface area contributed by atoms with Crippen molar-refractivity contribution < 1.29 is 19.8 Å². The molecule has 0 unspecified atom stereocenters. The number of nitrogens with one attached hydrogen (secondary N) is 1. The molecule has 0 aromatic rings. The average Bonchev–Trinajstić information content (AvgIpc) is 2.68. The summed E-state index contributed by atoms with van der Waals surface area (Å²) in [4.78, 5) is 24.7. The summed E-state index contributed by atoms with van der Waals surface area (Å²) in [5, 5.41) is 21.2. The van der Waals surface area contributed by atoms with Crippen LogP contribution in [0, 0.1) is 0 Å². The Hall–Kier alpha value is -1.18. The van der Waals surface area contributed by atoms with Gasteiger partial charge in [0.05, 0.1) is 12.2 Å². The summed E-state index contributed by atoms with van der Waals surface area (Å²) in [5.74, 6) is -0.863. The van der Waals surface area contributed by atoms with Crippen LogP contribution in [-0.2, 0) is 9.59 Å². The predicted octanol–water partition coefficient (Wildman–Crippen LogP) is -2.60. The average molecular weight is 245 g/mol. The normalized spacial score (nSPS) is 27.7. The number of carbonyl (C=O) groups excluding carboxylic acids is 2. The Balaban J connectivity index is 2.80. The van der Waals surface area contributed by atoms with Gasteiger partial charge in [-0.05, 0) is 6.92 Å². The molecule has 0 saturated carbocycles. The molecular weight excluding hydrogens is 226 g/mol. The van der Waals surface area contributed by atoms with E-state index in [1.165, 1.54) is 18.9 Å². The number of aliphatic hydroxyl groups is 2. The summed E-state index contributed by atoms with van der Waals surface area (Å²) >= 11 is 0. The molecule has 1 aliphatic rings. The standard InChI is InChI=1S/C10H19N3O4/c1-5(14)8(11)10(17)13-4-6(15)3-7(13)9(16)12-2/h5-8,14-15H,3-4,11H2,1-2H3,(H,12,16)/t5-,6-,7+,8+/m1/s1. The van der Waals surface area contributed by atoms with Gasteiger partial charge in [0, 0.05) is 20.0 Å². The maximum Gasteiger partial charge on any atom is 0.242 e. The molecule has 0 aromatic heterocycles. The Morgan fingerprint density at radius 2 is 2.12 bits per heavy atom. The lowest BCUT2D eigenvalue weighted by molar-refractivity contribution is -0.141. The van der Waals surface area contributed by atoms with Crippen LogP contribution in [0.3, 0.4) is 0 Å². The first kappa shape index (κ1) is 13.9. The van der Waals surface area contributed by atoms with Crippen LogP contribution in [0.2, 0.25) is 0 Å². The molecule has 1 saturated heterocycles. The van der Waals surface area contributed by atoms with E-state index >= 15 is 0 Å². The maximum absolute atomic E-state index is 11.9. The second kappa shape index (κ2) is 5.44. The molecule has 98 valence electrons. The van der Waals surface area contributed by atoms with Gasteiger partial charge in [0.25, 0.3) is 0 Å². The van der Waals surface area contributed by atoms with Gasteiger partial charge >= 0.3 is 0 Å². The van der Waals surface area contributed by atoms with Crippen molar-refractivity contribution in [1.82, 2.24) is 10.2 Å². The predicted molar refractivity (Wildman–Crippen MR) is 59.8 cm³/mol. The second-order valence-corrected chi connectivity index (χ2v) is 4.28. The molecular formula is C10H19N3O4. The lowest BCUT2D eigenvalue weighted by atomic mass is 10.1. The van der Waals surface area contributed by atoms with Crippen LogP contribution < -0.4 is 11.1 Å². The Morgan fingerprint density at radius 3 is 2.59 bits per heavy atom. The Labute approximate surface area is 99.6 Å². The summed E-state index contributed by atoms with van der Waals surface area (Å²) in [7, 11) is 1.46. The van der Waals surface area contributed by atoms with E-state index < -0.39 is 30.2 Å². The molecule has 1 heterocycles. The summed E-state index contributed by atoms with van der Waals surface area (Å²) in [6, 6.07) is -1.79. The van der Waals surface area contributed by atoms with Crippen LogP contribution in [0.5, 0.6) is 0 Å². The topological polar surface area (TPSA) is 116 Å². The molecule has 1 aliphatic heterocycles. The highest BCUT2D eigenvalue weighted by atomic mass is 16.3. The van der Waals surface area contributed by atoms with Crippen LogP contribution in [0.1, 0.15) is 13.3 Å². The summed E-state index contributed by atoms with van der Waals surface area (Å²) in [5.41, 5.74) is 5.53. The summed E-state index contributed by atoms with van der Waals surface area (Å²) < 4.78 is 0. The monoisotopic (exact) mass is 245 g/mol. The fraction of sp³-hybridized carbons (Fsp3) is 0.800. The third-order valence-corrected chi connectivity index (χ3v) is 2.92. The zero-order valence-corrected chi connectivity index (χ0v) is 9.96. The number of rotatable bonds is 3. The van der Waals surface area contributed by atoms with Crippen molar-refractivity contribution in [2.24, 2.45) is 5.73 Å². The van der Waals surface area contributed by atoms with E-state index in [0.29, 0.717) is 0 Å².